The Kier molecular flexibility index (Phi) is 7.98. The van der Waals surface area contributed by atoms with Crippen LogP contribution < -0.4 is 4.74 Å². The van der Waals surface area contributed by atoms with E-state index in [0.717, 1.165) is 16.3 Å². The van der Waals surface area contributed by atoms with Crippen LogP contribution in [0.2, 0.25) is 10.0 Å². The number of halogens is 2. The highest BCUT2D eigenvalue weighted by Crippen LogP contribution is 2.34. The summed E-state index contributed by atoms with van der Waals surface area (Å²) >= 11 is 12.3. The van der Waals surface area contributed by atoms with Gasteiger partial charge in [0.05, 0.1) is 28.3 Å². The van der Waals surface area contributed by atoms with Gasteiger partial charge in [-0.2, -0.15) is 5.26 Å². The third-order valence-electron chi connectivity index (χ3n) is 5.47. The maximum atomic E-state index is 13.6. The molecule has 5 nitrogen and oxygen atoms in total. The van der Waals surface area contributed by atoms with Crippen molar-refractivity contribution in [3.63, 3.8) is 0 Å². The fourth-order valence-corrected chi connectivity index (χ4v) is 4.14. The molecule has 3 rings (SSSR count). The van der Waals surface area contributed by atoms with Crippen molar-refractivity contribution in [1.29, 1.82) is 5.26 Å². The molecule has 0 aliphatic carbocycles. The van der Waals surface area contributed by atoms with Crippen LogP contribution in [0, 0.1) is 11.3 Å². The van der Waals surface area contributed by atoms with Crippen molar-refractivity contribution in [2.45, 2.75) is 12.3 Å². The van der Waals surface area contributed by atoms with Crippen molar-refractivity contribution < 1.29 is 14.3 Å². The number of ether oxygens (including phenoxy) is 2. The Morgan fingerprint density at radius 2 is 1.88 bits per heavy atom. The Bertz CT molecular complexity index is 1170. The molecule has 0 N–H and O–H groups in total. The van der Waals surface area contributed by atoms with Gasteiger partial charge in [-0.1, -0.05) is 53.5 Å². The quantitative estimate of drug-likeness (QED) is 0.409. The van der Waals surface area contributed by atoms with Crippen molar-refractivity contribution in [2.24, 2.45) is 0 Å². The summed E-state index contributed by atoms with van der Waals surface area (Å²) in [6.07, 6.45) is 0.697. The van der Waals surface area contributed by atoms with Gasteiger partial charge in [0.15, 0.2) is 0 Å². The molecule has 32 heavy (non-hydrogen) atoms. The Morgan fingerprint density at radius 3 is 2.53 bits per heavy atom. The summed E-state index contributed by atoms with van der Waals surface area (Å²) < 4.78 is 10.8. The molecule has 0 aliphatic rings. The molecule has 3 aromatic rings. The maximum Gasteiger partial charge on any atom is 0.258 e. The van der Waals surface area contributed by atoms with Crippen LogP contribution in [0.1, 0.15) is 33.8 Å². The number of carbonyl (C=O) groups is 1. The van der Waals surface area contributed by atoms with Crippen LogP contribution in [0.4, 0.5) is 0 Å². The lowest BCUT2D eigenvalue weighted by atomic mass is 9.94. The summed E-state index contributed by atoms with van der Waals surface area (Å²) in [6, 6.07) is 16.9. The first-order valence-electron chi connectivity index (χ1n) is 10.1. The molecule has 1 unspecified atom stereocenters. The van der Waals surface area contributed by atoms with Gasteiger partial charge in [-0.3, -0.25) is 4.79 Å². The molecule has 0 saturated heterocycles. The molecule has 0 fully saturated rings. The lowest BCUT2D eigenvalue weighted by molar-refractivity contribution is 0.0777. The molecule has 0 spiro atoms. The van der Waals surface area contributed by atoms with E-state index in [1.165, 1.54) is 7.11 Å². The van der Waals surface area contributed by atoms with E-state index in [2.05, 4.69) is 6.07 Å². The van der Waals surface area contributed by atoms with Gasteiger partial charge in [0, 0.05) is 33.2 Å². The third kappa shape index (κ3) is 4.99. The molecule has 166 valence electrons. The average Bonchev–Trinajstić information content (AvgIpc) is 2.81. The van der Waals surface area contributed by atoms with E-state index in [1.807, 2.05) is 36.4 Å². The minimum Gasteiger partial charge on any atom is -0.495 e. The zero-order valence-electron chi connectivity index (χ0n) is 18.2. The summed E-state index contributed by atoms with van der Waals surface area (Å²) in [6.45, 7) is 0.956. The predicted octanol–water partition coefficient (Wildman–Crippen LogP) is 5.92. The Balaban J connectivity index is 2.00. The van der Waals surface area contributed by atoms with Crippen LogP contribution >= 0.6 is 23.2 Å². The number of fused-ring (bicyclic) bond motifs is 1. The highest BCUT2D eigenvalue weighted by atomic mass is 35.5. The highest BCUT2D eigenvalue weighted by Gasteiger charge is 2.25. The predicted molar refractivity (Wildman–Crippen MR) is 128 cm³/mol. The van der Waals surface area contributed by atoms with Crippen molar-refractivity contribution in [3.05, 3.63) is 75.3 Å². The number of benzene rings is 3. The van der Waals surface area contributed by atoms with Crippen molar-refractivity contribution in [3.8, 4) is 11.8 Å². The zero-order valence-corrected chi connectivity index (χ0v) is 19.7. The second-order valence-corrected chi connectivity index (χ2v) is 8.32. The SMILES string of the molecule is COCCC(CN(C)C(=O)c1c(OC)c(C#N)cc2ccccc12)c1ccc(Cl)c(Cl)c1. The first kappa shape index (κ1) is 23.9. The van der Waals surface area contributed by atoms with Crippen LogP contribution in [0.3, 0.4) is 0 Å². The van der Waals surface area contributed by atoms with Crippen molar-refractivity contribution in [2.75, 3.05) is 34.4 Å². The number of amides is 1. The molecular weight excluding hydrogens is 447 g/mol. The normalized spacial score (nSPS) is 11.8. The van der Waals surface area contributed by atoms with Gasteiger partial charge < -0.3 is 14.4 Å². The monoisotopic (exact) mass is 470 g/mol. The molecule has 0 heterocycles. The smallest absolute Gasteiger partial charge is 0.258 e. The van der Waals surface area contributed by atoms with Gasteiger partial charge >= 0.3 is 0 Å². The van der Waals surface area contributed by atoms with E-state index < -0.39 is 0 Å². The number of nitriles is 1. The summed E-state index contributed by atoms with van der Waals surface area (Å²) in [5.41, 5.74) is 1.67. The number of hydrogen-bond donors (Lipinski definition) is 0. The number of hydrogen-bond acceptors (Lipinski definition) is 4. The molecular formula is C25H24Cl2N2O3. The van der Waals surface area contributed by atoms with Gasteiger partial charge in [-0.25, -0.2) is 0 Å². The van der Waals surface area contributed by atoms with Crippen LogP contribution in [-0.4, -0.2) is 45.2 Å². The van der Waals surface area contributed by atoms with Crippen LogP contribution in [0.15, 0.2) is 48.5 Å². The molecule has 0 aromatic heterocycles. The van der Waals surface area contributed by atoms with E-state index in [9.17, 15) is 10.1 Å². The van der Waals surface area contributed by atoms with Crippen LogP contribution in [-0.2, 0) is 4.74 Å². The van der Waals surface area contributed by atoms with Crippen LogP contribution in [0.25, 0.3) is 10.8 Å². The fraction of sp³-hybridized carbons (Fsp3) is 0.280. The largest absolute Gasteiger partial charge is 0.495 e. The van der Waals surface area contributed by atoms with E-state index in [-0.39, 0.29) is 17.6 Å². The fourth-order valence-electron chi connectivity index (χ4n) is 3.83. The van der Waals surface area contributed by atoms with E-state index >= 15 is 0 Å². The molecule has 0 saturated carbocycles. The van der Waals surface area contributed by atoms with Gasteiger partial charge in [0.2, 0.25) is 0 Å². The van der Waals surface area contributed by atoms with Crippen molar-refractivity contribution in [1.82, 2.24) is 4.90 Å². The summed E-state index contributed by atoms with van der Waals surface area (Å²) in [5.74, 6) is 0.0405. The number of rotatable bonds is 8. The lowest BCUT2D eigenvalue weighted by Gasteiger charge is -2.26. The Morgan fingerprint density at radius 1 is 1.12 bits per heavy atom. The third-order valence-corrected chi connectivity index (χ3v) is 6.21. The topological polar surface area (TPSA) is 62.6 Å². The second-order valence-electron chi connectivity index (χ2n) is 7.50. The molecule has 3 aromatic carbocycles. The van der Waals surface area contributed by atoms with E-state index in [0.29, 0.717) is 40.7 Å². The van der Waals surface area contributed by atoms with Gasteiger partial charge in [0.1, 0.15) is 11.8 Å². The van der Waals surface area contributed by atoms with Gasteiger partial charge in [-0.15, -0.1) is 0 Å². The zero-order chi connectivity index (χ0) is 23.3. The van der Waals surface area contributed by atoms with E-state index in [1.54, 1.807) is 31.2 Å². The summed E-state index contributed by atoms with van der Waals surface area (Å²) in [4.78, 5) is 15.3. The lowest BCUT2D eigenvalue weighted by Crippen LogP contribution is -2.32. The standard InChI is InChI=1S/C25H24Cl2N2O3/c1-29(15-18(10-11-31-2)16-8-9-21(26)22(27)13-16)25(30)23-20-7-5-4-6-17(20)12-19(14-28)24(23)32-3/h4-9,12-13,18H,10-11,15H2,1-3H3. The van der Waals surface area contributed by atoms with Crippen LogP contribution in [0.5, 0.6) is 5.75 Å². The minimum atomic E-state index is -0.224. The molecule has 1 amide bonds. The summed E-state index contributed by atoms with van der Waals surface area (Å²) in [7, 11) is 4.86. The molecule has 0 bridgehead atoms. The number of likely N-dealkylation sites (N-methyl/N-ethyl adjacent to an activating group) is 1. The number of nitrogens with zero attached hydrogens (tertiary/aromatic N) is 2. The average molecular weight is 471 g/mol. The maximum absolute atomic E-state index is 13.6. The molecule has 0 radical (unpaired) electrons. The first-order valence-corrected chi connectivity index (χ1v) is 10.9. The van der Waals surface area contributed by atoms with Gasteiger partial charge in [-0.05, 0) is 41.0 Å². The molecule has 0 aliphatic heterocycles. The van der Waals surface area contributed by atoms with Gasteiger partial charge in [0.25, 0.3) is 5.91 Å². The highest BCUT2D eigenvalue weighted by molar-refractivity contribution is 6.42. The molecule has 7 heteroatoms. The van der Waals surface area contributed by atoms with Crippen molar-refractivity contribution >= 4 is 39.9 Å². The number of carbonyl (C=O) groups excluding carboxylic acids is 1. The second kappa shape index (κ2) is 10.7. The summed E-state index contributed by atoms with van der Waals surface area (Å²) in [5, 5.41) is 12.1. The first-order chi connectivity index (χ1) is 15.4. The minimum absolute atomic E-state index is 0.0184. The van der Waals surface area contributed by atoms with E-state index in [4.69, 9.17) is 32.7 Å². The Labute approximate surface area is 198 Å². The number of methoxy groups -OCH3 is 2. The Hall–Kier alpha value is -2.78. The molecule has 1 atom stereocenters.